The van der Waals surface area contributed by atoms with Crippen LogP contribution in [0.1, 0.15) is 5.56 Å². The highest BCUT2D eigenvalue weighted by Gasteiger charge is 2.38. The lowest BCUT2D eigenvalue weighted by Gasteiger charge is -2.25. The van der Waals surface area contributed by atoms with Crippen molar-refractivity contribution >= 4 is 13.5 Å². The largest absolute Gasteiger partial charge is 0.408 e. The highest BCUT2D eigenvalue weighted by atomic mass is 28.4. The Balaban J connectivity index is 2.37. The summed E-state index contributed by atoms with van der Waals surface area (Å²) in [5.74, 6) is -9.69. The van der Waals surface area contributed by atoms with Gasteiger partial charge in [0.25, 0.3) is 0 Å². The van der Waals surface area contributed by atoms with Gasteiger partial charge in [-0.25, -0.2) is 22.0 Å². The monoisotopic (exact) mass is 332 g/mol. The molecule has 0 spiro atoms. The van der Waals surface area contributed by atoms with Crippen molar-refractivity contribution in [3.05, 3.63) is 65.0 Å². The third kappa shape index (κ3) is 3.05. The van der Waals surface area contributed by atoms with Crippen molar-refractivity contribution in [2.75, 3.05) is 0 Å². The quantitative estimate of drug-likeness (QED) is 0.356. The van der Waals surface area contributed by atoms with E-state index in [0.29, 0.717) is 0 Å². The van der Waals surface area contributed by atoms with E-state index >= 15 is 0 Å². The van der Waals surface area contributed by atoms with Gasteiger partial charge in [-0.2, -0.15) is 0 Å². The van der Waals surface area contributed by atoms with Crippen molar-refractivity contribution in [1.82, 2.24) is 0 Å². The van der Waals surface area contributed by atoms with E-state index in [1.807, 2.05) is 0 Å². The molecule has 0 saturated heterocycles. The van der Waals surface area contributed by atoms with Gasteiger partial charge in [0.15, 0.2) is 23.3 Å². The van der Waals surface area contributed by atoms with Crippen LogP contribution < -0.4 is 5.19 Å². The molecule has 0 unspecified atom stereocenters. The summed E-state index contributed by atoms with van der Waals surface area (Å²) in [5, 5.41) is -0.847. The Morgan fingerprint density at radius 3 is 1.73 bits per heavy atom. The van der Waals surface area contributed by atoms with Crippen LogP contribution in [-0.4, -0.2) is 8.32 Å². The second-order valence-corrected chi connectivity index (χ2v) is 9.04. The minimum Gasteiger partial charge on any atom is -0.408 e. The summed E-state index contributed by atoms with van der Waals surface area (Å²) in [6, 6.07) is 8.78. The van der Waals surface area contributed by atoms with Gasteiger partial charge in [-0.3, -0.25) is 0 Å². The summed E-state index contributed by atoms with van der Waals surface area (Å²) in [7, 11) is -3.33. The van der Waals surface area contributed by atoms with Crippen molar-refractivity contribution in [3.63, 3.8) is 0 Å². The van der Waals surface area contributed by atoms with Crippen LogP contribution >= 0.6 is 0 Å². The number of halogens is 5. The molecule has 0 saturated carbocycles. The lowest BCUT2D eigenvalue weighted by Crippen LogP contribution is -2.49. The van der Waals surface area contributed by atoms with Gasteiger partial charge in [0.2, 0.25) is 14.1 Å². The van der Waals surface area contributed by atoms with Crippen LogP contribution in [-0.2, 0) is 11.0 Å². The molecule has 0 radical (unpaired) electrons. The molecule has 0 aliphatic rings. The predicted molar refractivity (Wildman–Crippen MR) is 74.6 cm³/mol. The minimum absolute atomic E-state index is 0.0273. The van der Waals surface area contributed by atoms with Crippen LogP contribution in [0.2, 0.25) is 13.1 Å². The summed E-state index contributed by atoms with van der Waals surface area (Å²) in [4.78, 5) is 0. The summed E-state index contributed by atoms with van der Waals surface area (Å²) >= 11 is 0. The molecule has 1 nitrogen and oxygen atoms in total. The summed E-state index contributed by atoms with van der Waals surface area (Å²) in [5.41, 5.74) is 0.743. The first-order chi connectivity index (χ1) is 10.3. The standard InChI is InChI=1S/C15H13F5OSi/c1-22(2,21-8-9-6-4-3-5-7-9)15-13(19)11(17)10(16)12(18)14(15)20/h3-7H,8H2,1-2H3. The van der Waals surface area contributed by atoms with E-state index in [2.05, 4.69) is 0 Å². The first-order valence-corrected chi connectivity index (χ1v) is 9.36. The van der Waals surface area contributed by atoms with Crippen LogP contribution in [0.25, 0.3) is 0 Å². The van der Waals surface area contributed by atoms with Crippen molar-refractivity contribution in [2.45, 2.75) is 19.7 Å². The summed E-state index contributed by atoms with van der Waals surface area (Å²) in [6.07, 6.45) is 0. The Morgan fingerprint density at radius 1 is 0.773 bits per heavy atom. The van der Waals surface area contributed by atoms with Gasteiger partial charge in [-0.1, -0.05) is 30.3 Å². The molecule has 2 aromatic carbocycles. The van der Waals surface area contributed by atoms with Crippen LogP contribution in [0.3, 0.4) is 0 Å². The topological polar surface area (TPSA) is 9.23 Å². The van der Waals surface area contributed by atoms with Crippen molar-refractivity contribution < 1.29 is 26.4 Å². The maximum Gasteiger partial charge on any atom is 0.225 e. The molecule has 0 amide bonds. The van der Waals surface area contributed by atoms with Gasteiger partial charge < -0.3 is 4.43 Å². The van der Waals surface area contributed by atoms with E-state index in [9.17, 15) is 22.0 Å². The van der Waals surface area contributed by atoms with Crippen LogP contribution in [0.15, 0.2) is 30.3 Å². The number of rotatable bonds is 4. The molecule has 118 valence electrons. The normalized spacial score (nSPS) is 11.8. The molecule has 0 aliphatic carbocycles. The smallest absolute Gasteiger partial charge is 0.225 e. The summed E-state index contributed by atoms with van der Waals surface area (Å²) < 4.78 is 72.9. The van der Waals surface area contributed by atoms with E-state index in [1.165, 1.54) is 13.1 Å². The lowest BCUT2D eigenvalue weighted by molar-refractivity contribution is 0.300. The van der Waals surface area contributed by atoms with Crippen molar-refractivity contribution in [2.24, 2.45) is 0 Å². The highest BCUT2D eigenvalue weighted by Crippen LogP contribution is 2.21. The average molecular weight is 332 g/mol. The number of hydrogen-bond acceptors (Lipinski definition) is 1. The zero-order valence-electron chi connectivity index (χ0n) is 11.9. The van der Waals surface area contributed by atoms with Crippen LogP contribution in [0.4, 0.5) is 22.0 Å². The molecule has 0 aromatic heterocycles. The molecule has 7 heteroatoms. The molecule has 0 heterocycles. The van der Waals surface area contributed by atoms with Gasteiger partial charge in [0, 0.05) is 5.19 Å². The zero-order valence-corrected chi connectivity index (χ0v) is 12.9. The van der Waals surface area contributed by atoms with Gasteiger partial charge in [-0.15, -0.1) is 0 Å². The predicted octanol–water partition coefficient (Wildman–Crippen LogP) is 4.01. The second-order valence-electron chi connectivity index (χ2n) is 5.23. The van der Waals surface area contributed by atoms with E-state index in [1.54, 1.807) is 30.3 Å². The molecule has 2 aromatic rings. The molecular formula is C15H13F5OSi. The zero-order chi connectivity index (χ0) is 16.5. The molecule has 0 atom stereocenters. The van der Waals surface area contributed by atoms with Gasteiger partial charge in [0.1, 0.15) is 0 Å². The SMILES string of the molecule is C[Si](C)(OCc1ccccc1)c1c(F)c(F)c(F)c(F)c1F. The second kappa shape index (κ2) is 6.17. The third-order valence-corrected chi connectivity index (χ3v) is 5.76. The molecule has 2 rings (SSSR count). The maximum absolute atomic E-state index is 13.9. The Morgan fingerprint density at radius 2 is 1.23 bits per heavy atom. The Labute approximate surface area is 125 Å². The molecule has 0 fully saturated rings. The fraction of sp³-hybridized carbons (Fsp3) is 0.200. The van der Waals surface area contributed by atoms with Gasteiger partial charge >= 0.3 is 0 Å². The average Bonchev–Trinajstić information content (AvgIpc) is 2.50. The lowest BCUT2D eigenvalue weighted by atomic mass is 10.2. The molecule has 0 aliphatic heterocycles. The minimum atomic E-state index is -3.33. The van der Waals surface area contributed by atoms with E-state index in [0.717, 1.165) is 5.56 Å². The first kappa shape index (κ1) is 16.6. The van der Waals surface area contributed by atoms with Crippen molar-refractivity contribution in [3.8, 4) is 0 Å². The molecule has 0 bridgehead atoms. The van der Waals surface area contributed by atoms with Gasteiger partial charge in [-0.05, 0) is 18.7 Å². The number of benzene rings is 2. The van der Waals surface area contributed by atoms with E-state index in [4.69, 9.17) is 4.43 Å². The Hall–Kier alpha value is -1.73. The fourth-order valence-corrected chi connectivity index (χ4v) is 3.99. The van der Waals surface area contributed by atoms with Crippen molar-refractivity contribution in [1.29, 1.82) is 0 Å². The Kier molecular flexibility index (Phi) is 4.67. The van der Waals surface area contributed by atoms with E-state index in [-0.39, 0.29) is 6.61 Å². The maximum atomic E-state index is 13.9. The van der Waals surface area contributed by atoms with Crippen LogP contribution in [0, 0.1) is 29.1 Å². The molecule has 0 N–H and O–H groups in total. The van der Waals surface area contributed by atoms with E-state index < -0.39 is 42.6 Å². The highest BCUT2D eigenvalue weighted by molar-refractivity contribution is 6.84. The summed E-state index contributed by atoms with van der Waals surface area (Å²) in [6.45, 7) is 2.79. The molecule has 22 heavy (non-hydrogen) atoms. The molecular weight excluding hydrogens is 319 g/mol. The third-order valence-electron chi connectivity index (χ3n) is 3.25. The number of hydrogen-bond donors (Lipinski definition) is 0. The first-order valence-electron chi connectivity index (χ1n) is 6.45. The fourth-order valence-electron chi connectivity index (χ4n) is 2.04. The Bertz CT molecular complexity index is 659. The van der Waals surface area contributed by atoms with Crippen LogP contribution in [0.5, 0.6) is 0 Å². The van der Waals surface area contributed by atoms with Gasteiger partial charge in [0.05, 0.1) is 6.61 Å².